The predicted molar refractivity (Wildman–Crippen MR) is 94.8 cm³/mol. The van der Waals surface area contributed by atoms with Gasteiger partial charge in [0.15, 0.2) is 0 Å². The highest BCUT2D eigenvalue weighted by Crippen LogP contribution is 2.24. The Hall–Kier alpha value is -2.95. The molecule has 0 aliphatic carbocycles. The van der Waals surface area contributed by atoms with Gasteiger partial charge in [-0.3, -0.25) is 9.59 Å². The fraction of sp³-hybridized carbons (Fsp3) is 0.211. The van der Waals surface area contributed by atoms with Gasteiger partial charge in [-0.2, -0.15) is 5.10 Å². The van der Waals surface area contributed by atoms with Crippen molar-refractivity contribution in [1.82, 2.24) is 14.7 Å². The molecule has 0 saturated heterocycles. The number of aryl methyl sites for hydroxylation is 1. The molecule has 3 rings (SSSR count). The number of rotatable bonds is 4. The molecule has 24 heavy (non-hydrogen) atoms. The molecule has 1 heterocycles. The van der Waals surface area contributed by atoms with Crippen LogP contribution in [0.25, 0.3) is 22.0 Å². The van der Waals surface area contributed by atoms with Crippen LogP contribution in [0.2, 0.25) is 0 Å². The summed E-state index contributed by atoms with van der Waals surface area (Å²) in [5, 5.41) is 5.97. The summed E-state index contributed by atoms with van der Waals surface area (Å²) in [6.45, 7) is 0.264. The Kier molecular flexibility index (Phi) is 4.42. The van der Waals surface area contributed by atoms with Crippen LogP contribution in [0.15, 0.2) is 59.4 Å². The summed E-state index contributed by atoms with van der Waals surface area (Å²) < 4.78 is 1.39. The molecule has 0 unspecified atom stereocenters. The molecule has 0 aliphatic rings. The lowest BCUT2D eigenvalue weighted by atomic mass is 10.1. The highest BCUT2D eigenvalue weighted by molar-refractivity contribution is 5.93. The van der Waals surface area contributed by atoms with Crippen molar-refractivity contribution in [3.05, 3.63) is 65.0 Å². The first kappa shape index (κ1) is 15.9. The Bertz CT molecular complexity index is 930. The third-order valence-electron chi connectivity index (χ3n) is 3.95. The zero-order valence-electron chi connectivity index (χ0n) is 13.8. The van der Waals surface area contributed by atoms with Crippen molar-refractivity contribution in [2.75, 3.05) is 14.1 Å². The van der Waals surface area contributed by atoms with Crippen molar-refractivity contribution in [2.24, 2.45) is 0 Å². The van der Waals surface area contributed by atoms with Crippen molar-refractivity contribution in [1.29, 1.82) is 0 Å². The van der Waals surface area contributed by atoms with Gasteiger partial charge in [-0.1, -0.05) is 48.5 Å². The molecule has 2 aromatic carbocycles. The van der Waals surface area contributed by atoms with Gasteiger partial charge in [0.25, 0.3) is 5.56 Å². The van der Waals surface area contributed by atoms with E-state index in [9.17, 15) is 9.59 Å². The van der Waals surface area contributed by atoms with E-state index in [0.29, 0.717) is 5.39 Å². The van der Waals surface area contributed by atoms with Crippen molar-refractivity contribution in [2.45, 2.75) is 13.0 Å². The van der Waals surface area contributed by atoms with Gasteiger partial charge >= 0.3 is 0 Å². The van der Waals surface area contributed by atoms with Gasteiger partial charge in [0.05, 0.1) is 17.6 Å². The predicted octanol–water partition coefficient (Wildman–Crippen LogP) is 2.54. The number of benzene rings is 2. The summed E-state index contributed by atoms with van der Waals surface area (Å²) >= 11 is 0. The second-order valence-electron chi connectivity index (χ2n) is 5.83. The summed E-state index contributed by atoms with van der Waals surface area (Å²) in [6, 6.07) is 17.2. The minimum atomic E-state index is -0.170. The molecule has 122 valence electrons. The fourth-order valence-corrected chi connectivity index (χ4v) is 2.62. The number of hydrogen-bond acceptors (Lipinski definition) is 3. The molecule has 0 fully saturated rings. The van der Waals surface area contributed by atoms with E-state index >= 15 is 0 Å². The molecule has 1 amide bonds. The van der Waals surface area contributed by atoms with Crippen LogP contribution < -0.4 is 5.56 Å². The Labute approximate surface area is 140 Å². The van der Waals surface area contributed by atoms with Gasteiger partial charge in [0.1, 0.15) is 0 Å². The van der Waals surface area contributed by atoms with Crippen molar-refractivity contribution in [3.63, 3.8) is 0 Å². The molecular formula is C19H19N3O2. The lowest BCUT2D eigenvalue weighted by Gasteiger charge is -2.13. The number of carbonyl (C=O) groups excluding carboxylic acids is 1. The van der Waals surface area contributed by atoms with E-state index < -0.39 is 0 Å². The van der Waals surface area contributed by atoms with E-state index in [-0.39, 0.29) is 24.4 Å². The van der Waals surface area contributed by atoms with Crippen LogP contribution in [-0.4, -0.2) is 34.7 Å². The van der Waals surface area contributed by atoms with Gasteiger partial charge in [-0.25, -0.2) is 4.68 Å². The van der Waals surface area contributed by atoms with Gasteiger partial charge < -0.3 is 4.90 Å². The maximum Gasteiger partial charge on any atom is 0.274 e. The van der Waals surface area contributed by atoms with Crippen molar-refractivity contribution < 1.29 is 4.79 Å². The maximum absolute atomic E-state index is 12.7. The SMILES string of the molecule is CN(C)C(=O)CCn1nc(-c2ccccc2)c2ccccc2c1=O. The highest BCUT2D eigenvalue weighted by atomic mass is 16.2. The minimum absolute atomic E-state index is 0.0295. The van der Waals surface area contributed by atoms with Gasteiger partial charge in [-0.05, 0) is 6.07 Å². The normalized spacial score (nSPS) is 10.8. The molecule has 0 radical (unpaired) electrons. The second-order valence-corrected chi connectivity index (χ2v) is 5.83. The van der Waals surface area contributed by atoms with Crippen LogP contribution in [0.3, 0.4) is 0 Å². The first-order chi connectivity index (χ1) is 11.6. The first-order valence-corrected chi connectivity index (χ1v) is 7.83. The minimum Gasteiger partial charge on any atom is -0.349 e. The summed E-state index contributed by atoms with van der Waals surface area (Å²) in [7, 11) is 3.41. The van der Waals surface area contributed by atoms with Gasteiger partial charge in [-0.15, -0.1) is 0 Å². The lowest BCUT2D eigenvalue weighted by molar-refractivity contribution is -0.128. The molecule has 0 spiro atoms. The summed E-state index contributed by atoms with van der Waals surface area (Å²) in [5.41, 5.74) is 1.53. The molecule has 0 N–H and O–H groups in total. The Morgan fingerprint density at radius 2 is 1.62 bits per heavy atom. The van der Waals surface area contributed by atoms with Crippen LogP contribution in [-0.2, 0) is 11.3 Å². The average Bonchev–Trinajstić information content (AvgIpc) is 2.61. The molecule has 0 saturated carbocycles. The number of carbonyl (C=O) groups is 1. The Balaban J connectivity index is 2.12. The first-order valence-electron chi connectivity index (χ1n) is 7.83. The van der Waals surface area contributed by atoms with E-state index in [1.165, 1.54) is 9.58 Å². The van der Waals surface area contributed by atoms with Crippen LogP contribution in [0.5, 0.6) is 0 Å². The number of aromatic nitrogens is 2. The van der Waals surface area contributed by atoms with E-state index in [1.807, 2.05) is 48.5 Å². The molecule has 0 aliphatic heterocycles. The smallest absolute Gasteiger partial charge is 0.274 e. The van der Waals surface area contributed by atoms with Crippen LogP contribution in [0.4, 0.5) is 0 Å². The standard InChI is InChI=1S/C19H19N3O2/c1-21(2)17(23)12-13-22-19(24)16-11-7-6-10-15(16)18(20-22)14-8-4-3-5-9-14/h3-11H,12-13H2,1-2H3. The zero-order chi connectivity index (χ0) is 17.1. The Morgan fingerprint density at radius 3 is 2.29 bits per heavy atom. The van der Waals surface area contributed by atoms with E-state index in [0.717, 1.165) is 16.6 Å². The number of fused-ring (bicyclic) bond motifs is 1. The molecule has 0 atom stereocenters. The molecule has 3 aromatic rings. The third-order valence-corrected chi connectivity index (χ3v) is 3.95. The maximum atomic E-state index is 12.7. The largest absolute Gasteiger partial charge is 0.349 e. The number of hydrogen-bond donors (Lipinski definition) is 0. The second kappa shape index (κ2) is 6.66. The lowest BCUT2D eigenvalue weighted by Crippen LogP contribution is -2.28. The number of amides is 1. The van der Waals surface area contributed by atoms with Crippen LogP contribution >= 0.6 is 0 Å². The Morgan fingerprint density at radius 1 is 1.00 bits per heavy atom. The van der Waals surface area contributed by atoms with Crippen LogP contribution in [0, 0.1) is 0 Å². The molecule has 1 aromatic heterocycles. The average molecular weight is 321 g/mol. The highest BCUT2D eigenvalue weighted by Gasteiger charge is 2.13. The van der Waals surface area contributed by atoms with Crippen LogP contribution in [0.1, 0.15) is 6.42 Å². The fourth-order valence-electron chi connectivity index (χ4n) is 2.62. The van der Waals surface area contributed by atoms with Crippen molar-refractivity contribution >= 4 is 16.7 Å². The summed E-state index contributed by atoms with van der Waals surface area (Å²) in [4.78, 5) is 26.0. The number of nitrogens with zero attached hydrogens (tertiary/aromatic N) is 3. The quantitative estimate of drug-likeness (QED) is 0.742. The van der Waals surface area contributed by atoms with Crippen molar-refractivity contribution in [3.8, 4) is 11.3 Å². The zero-order valence-corrected chi connectivity index (χ0v) is 13.8. The molecule has 5 heteroatoms. The summed E-state index contributed by atoms with van der Waals surface area (Å²) in [5.74, 6) is -0.0295. The molecular weight excluding hydrogens is 302 g/mol. The topological polar surface area (TPSA) is 55.2 Å². The van der Waals surface area contributed by atoms with E-state index in [1.54, 1.807) is 20.2 Å². The van der Waals surface area contributed by atoms with E-state index in [2.05, 4.69) is 5.10 Å². The van der Waals surface area contributed by atoms with E-state index in [4.69, 9.17) is 0 Å². The van der Waals surface area contributed by atoms with Gasteiger partial charge in [0.2, 0.25) is 5.91 Å². The monoisotopic (exact) mass is 321 g/mol. The van der Waals surface area contributed by atoms with Gasteiger partial charge in [0, 0.05) is 31.5 Å². The molecule has 0 bridgehead atoms. The molecule has 5 nitrogen and oxygen atoms in total. The third kappa shape index (κ3) is 3.06. The summed E-state index contributed by atoms with van der Waals surface area (Å²) in [6.07, 6.45) is 0.243.